The number of aryl methyl sites for hydroxylation is 1. The number of rotatable bonds is 7. The summed E-state index contributed by atoms with van der Waals surface area (Å²) in [6, 6.07) is 7.10. The number of nitrogens with zero attached hydrogens (tertiary/aromatic N) is 3. The first-order valence-corrected chi connectivity index (χ1v) is 10.4. The molecule has 1 aliphatic heterocycles. The molecule has 4 N–H and O–H groups in total. The average molecular weight is 428 g/mol. The Bertz CT molecular complexity index is 970. The molecule has 0 saturated carbocycles. The van der Waals surface area contributed by atoms with E-state index in [4.69, 9.17) is 15.6 Å². The largest absolute Gasteiger partial charge is 0.419 e. The molecular formula is C22H33N7O2. The molecule has 1 amide bonds. The Morgan fingerprint density at radius 3 is 2.71 bits per heavy atom. The SMILES string of the molecule is CCNC(=O)[C@H]1CCCN1c1cnc(C)c(C(=N)OC(=N)c2ccc(CNC)cc2)n1.[HH].[HH]. The summed E-state index contributed by atoms with van der Waals surface area (Å²) < 4.78 is 5.48. The lowest BCUT2D eigenvalue weighted by Gasteiger charge is -2.25. The van der Waals surface area contributed by atoms with Gasteiger partial charge in [0.2, 0.25) is 17.7 Å². The minimum Gasteiger partial charge on any atom is -0.419 e. The van der Waals surface area contributed by atoms with E-state index in [1.54, 1.807) is 25.3 Å². The molecule has 0 spiro atoms. The third-order valence-electron chi connectivity index (χ3n) is 5.16. The molecule has 0 radical (unpaired) electrons. The minimum absolute atomic E-state index is 0. The van der Waals surface area contributed by atoms with Crippen LogP contribution in [0, 0.1) is 17.7 Å². The minimum atomic E-state index is -0.297. The summed E-state index contributed by atoms with van der Waals surface area (Å²) >= 11 is 0. The van der Waals surface area contributed by atoms with Crippen LogP contribution in [0.4, 0.5) is 5.82 Å². The Morgan fingerprint density at radius 2 is 2.03 bits per heavy atom. The first-order valence-electron chi connectivity index (χ1n) is 10.4. The van der Waals surface area contributed by atoms with E-state index in [-0.39, 0.29) is 32.3 Å². The van der Waals surface area contributed by atoms with Gasteiger partial charge in [-0.1, -0.05) is 12.1 Å². The number of carbonyl (C=O) groups is 1. The van der Waals surface area contributed by atoms with Crippen LogP contribution in [0.2, 0.25) is 0 Å². The normalized spacial score (nSPS) is 15.6. The van der Waals surface area contributed by atoms with E-state index in [0.717, 1.165) is 24.9 Å². The maximum atomic E-state index is 12.4. The van der Waals surface area contributed by atoms with Gasteiger partial charge in [-0.15, -0.1) is 0 Å². The fourth-order valence-electron chi connectivity index (χ4n) is 3.59. The van der Waals surface area contributed by atoms with Crippen LogP contribution in [0.15, 0.2) is 30.5 Å². The standard InChI is InChI=1S/C22H29N7O2.2H2/c1-4-26-22(30)17-6-5-11-29(17)18-13-27-14(2)19(28-18)21(24)31-20(23)16-9-7-15(8-10-16)12-25-3;;/h7-10,13,17,23-25H,4-6,11-12H2,1-3H3,(H,26,30);2*1H/t17-;;/m1../s1. The fourth-order valence-corrected chi connectivity index (χ4v) is 3.59. The van der Waals surface area contributed by atoms with Crippen LogP contribution in [0.5, 0.6) is 0 Å². The molecule has 1 aliphatic rings. The van der Waals surface area contributed by atoms with E-state index in [1.807, 2.05) is 31.0 Å². The molecule has 2 heterocycles. The van der Waals surface area contributed by atoms with Gasteiger partial charge in [0.1, 0.15) is 17.6 Å². The summed E-state index contributed by atoms with van der Waals surface area (Å²) in [5, 5.41) is 22.5. The predicted octanol–water partition coefficient (Wildman–Crippen LogP) is 2.47. The topological polar surface area (TPSA) is 127 Å². The summed E-state index contributed by atoms with van der Waals surface area (Å²) in [5.74, 6) is 0.128. The number of hydrogen-bond acceptors (Lipinski definition) is 8. The Hall–Kier alpha value is -3.33. The van der Waals surface area contributed by atoms with Crippen molar-refractivity contribution in [3.05, 3.63) is 53.0 Å². The first-order chi connectivity index (χ1) is 14.9. The van der Waals surface area contributed by atoms with Gasteiger partial charge >= 0.3 is 0 Å². The monoisotopic (exact) mass is 427 g/mol. The smallest absolute Gasteiger partial charge is 0.242 e. The number of aromatic nitrogens is 2. The third kappa shape index (κ3) is 5.24. The maximum absolute atomic E-state index is 12.4. The van der Waals surface area contributed by atoms with Crippen LogP contribution in [-0.4, -0.2) is 53.8 Å². The number of ether oxygens (including phenoxy) is 1. The van der Waals surface area contributed by atoms with Gasteiger partial charge in [-0.05, 0) is 51.4 Å². The first kappa shape index (κ1) is 22.4. The summed E-state index contributed by atoms with van der Waals surface area (Å²) in [5.41, 5.74) is 2.45. The van der Waals surface area contributed by atoms with Gasteiger partial charge in [0.25, 0.3) is 0 Å². The summed E-state index contributed by atoms with van der Waals surface area (Å²) in [6.07, 6.45) is 3.25. The molecule has 1 saturated heterocycles. The second kappa shape index (κ2) is 10.1. The molecule has 1 fully saturated rings. The maximum Gasteiger partial charge on any atom is 0.242 e. The zero-order valence-electron chi connectivity index (χ0n) is 18.2. The summed E-state index contributed by atoms with van der Waals surface area (Å²) in [6.45, 7) is 5.64. The van der Waals surface area contributed by atoms with Crippen molar-refractivity contribution in [1.82, 2.24) is 20.6 Å². The van der Waals surface area contributed by atoms with E-state index in [9.17, 15) is 4.79 Å². The number of nitrogens with one attached hydrogen (secondary N) is 4. The van der Waals surface area contributed by atoms with E-state index >= 15 is 0 Å². The fraction of sp³-hybridized carbons (Fsp3) is 0.409. The molecule has 168 valence electrons. The highest BCUT2D eigenvalue weighted by Gasteiger charge is 2.32. The molecule has 31 heavy (non-hydrogen) atoms. The van der Waals surface area contributed by atoms with Crippen molar-refractivity contribution < 1.29 is 12.4 Å². The van der Waals surface area contributed by atoms with Crippen LogP contribution in [0.3, 0.4) is 0 Å². The number of hydrogen-bond donors (Lipinski definition) is 4. The number of carbonyl (C=O) groups excluding carboxylic acids is 1. The lowest BCUT2D eigenvalue weighted by molar-refractivity contribution is -0.122. The van der Waals surface area contributed by atoms with Crippen molar-refractivity contribution in [2.75, 3.05) is 25.0 Å². The van der Waals surface area contributed by atoms with Crippen LogP contribution in [-0.2, 0) is 16.1 Å². The Balaban J connectivity index is 0.00000272. The van der Waals surface area contributed by atoms with Crippen molar-refractivity contribution >= 4 is 23.5 Å². The third-order valence-corrected chi connectivity index (χ3v) is 5.16. The van der Waals surface area contributed by atoms with E-state index in [0.29, 0.717) is 30.2 Å². The average Bonchev–Trinajstić information content (AvgIpc) is 3.25. The van der Waals surface area contributed by atoms with Gasteiger partial charge in [-0.25, -0.2) is 4.98 Å². The second-order valence-corrected chi connectivity index (χ2v) is 7.40. The lowest BCUT2D eigenvalue weighted by atomic mass is 10.1. The Morgan fingerprint density at radius 1 is 1.29 bits per heavy atom. The molecule has 1 aromatic heterocycles. The predicted molar refractivity (Wildman–Crippen MR) is 124 cm³/mol. The number of benzene rings is 1. The summed E-state index contributed by atoms with van der Waals surface area (Å²) in [7, 11) is 1.87. The van der Waals surface area contributed by atoms with E-state index in [2.05, 4.69) is 20.6 Å². The molecule has 2 aromatic rings. The van der Waals surface area contributed by atoms with Crippen LogP contribution >= 0.6 is 0 Å². The summed E-state index contributed by atoms with van der Waals surface area (Å²) in [4.78, 5) is 23.2. The highest BCUT2D eigenvalue weighted by molar-refractivity contribution is 6.04. The zero-order chi connectivity index (χ0) is 22.4. The number of anilines is 1. The van der Waals surface area contributed by atoms with Crippen molar-refractivity contribution in [1.29, 1.82) is 10.8 Å². The van der Waals surface area contributed by atoms with Gasteiger partial charge in [-0.2, -0.15) is 0 Å². The highest BCUT2D eigenvalue weighted by Crippen LogP contribution is 2.24. The molecule has 0 unspecified atom stereocenters. The van der Waals surface area contributed by atoms with Crippen molar-refractivity contribution in [2.24, 2.45) is 0 Å². The van der Waals surface area contributed by atoms with Gasteiger partial charge in [-0.3, -0.25) is 20.6 Å². The van der Waals surface area contributed by atoms with Crippen LogP contribution in [0.25, 0.3) is 0 Å². The number of amides is 1. The van der Waals surface area contributed by atoms with Crippen LogP contribution < -0.4 is 15.5 Å². The molecular weight excluding hydrogens is 394 g/mol. The molecule has 3 rings (SSSR count). The molecule has 0 aliphatic carbocycles. The van der Waals surface area contributed by atoms with Gasteiger partial charge in [0.05, 0.1) is 11.9 Å². The van der Waals surface area contributed by atoms with Crippen molar-refractivity contribution in [3.8, 4) is 0 Å². The molecule has 9 heteroatoms. The Labute approximate surface area is 185 Å². The van der Waals surface area contributed by atoms with E-state index in [1.165, 1.54) is 0 Å². The van der Waals surface area contributed by atoms with E-state index < -0.39 is 0 Å². The molecule has 9 nitrogen and oxygen atoms in total. The van der Waals surface area contributed by atoms with Crippen molar-refractivity contribution in [3.63, 3.8) is 0 Å². The number of likely N-dealkylation sites (N-methyl/N-ethyl adjacent to an activating group) is 1. The molecule has 1 atom stereocenters. The quantitative estimate of drug-likeness (QED) is 0.397. The van der Waals surface area contributed by atoms with Gasteiger partial charge in [0, 0.05) is 28.1 Å². The molecule has 1 aromatic carbocycles. The second-order valence-electron chi connectivity index (χ2n) is 7.40. The zero-order valence-corrected chi connectivity index (χ0v) is 18.2. The lowest BCUT2D eigenvalue weighted by Crippen LogP contribution is -2.43. The van der Waals surface area contributed by atoms with Gasteiger partial charge < -0.3 is 20.3 Å². The van der Waals surface area contributed by atoms with Crippen molar-refractivity contribution in [2.45, 2.75) is 39.3 Å². The van der Waals surface area contributed by atoms with Gasteiger partial charge in [0.15, 0.2) is 0 Å². The van der Waals surface area contributed by atoms with Crippen LogP contribution in [0.1, 0.15) is 45.1 Å². The highest BCUT2D eigenvalue weighted by atomic mass is 16.5. The molecule has 0 bridgehead atoms. The Kier molecular flexibility index (Phi) is 7.30.